The van der Waals surface area contributed by atoms with Crippen molar-refractivity contribution in [1.29, 1.82) is 0 Å². The quantitative estimate of drug-likeness (QED) is 0.253. The van der Waals surface area contributed by atoms with Gasteiger partial charge in [0, 0.05) is 16.1 Å². The Kier molecular flexibility index (Phi) is 8.08. The van der Waals surface area contributed by atoms with Crippen LogP contribution in [-0.4, -0.2) is 18.9 Å². The predicted molar refractivity (Wildman–Crippen MR) is 143 cm³/mol. The molecule has 2 N–H and O–H groups in total. The van der Waals surface area contributed by atoms with E-state index in [0.717, 1.165) is 10.5 Å². The molecule has 1 unspecified atom stereocenters. The summed E-state index contributed by atoms with van der Waals surface area (Å²) in [6, 6.07) is 31.0. The number of anilines is 2. The van der Waals surface area contributed by atoms with Crippen molar-refractivity contribution in [1.82, 2.24) is 0 Å². The number of carbonyl (C=O) groups excluding carboxylic acids is 2. The van der Waals surface area contributed by atoms with Crippen LogP contribution in [0.2, 0.25) is 5.02 Å². The molecule has 176 valence electrons. The molecule has 2 amide bonds. The highest BCUT2D eigenvalue weighted by molar-refractivity contribution is 8.00. The van der Waals surface area contributed by atoms with Crippen LogP contribution in [0.25, 0.3) is 0 Å². The van der Waals surface area contributed by atoms with Crippen LogP contribution in [0, 0.1) is 0 Å². The number of halogens is 1. The Hall–Kier alpha value is -3.74. The number of hydrogen-bond acceptors (Lipinski definition) is 4. The lowest BCUT2D eigenvalue weighted by atomic mass is 10.1. The number of benzene rings is 4. The van der Waals surface area contributed by atoms with Crippen molar-refractivity contribution in [2.75, 3.05) is 17.7 Å². The van der Waals surface area contributed by atoms with E-state index < -0.39 is 5.25 Å². The Labute approximate surface area is 213 Å². The zero-order chi connectivity index (χ0) is 24.6. The number of hydrogen-bond donors (Lipinski definition) is 2. The summed E-state index contributed by atoms with van der Waals surface area (Å²) in [4.78, 5) is 26.8. The minimum absolute atomic E-state index is 0.193. The smallest absolute Gasteiger partial charge is 0.255 e. The van der Waals surface area contributed by atoms with Gasteiger partial charge < -0.3 is 15.4 Å². The average Bonchev–Trinajstić information content (AvgIpc) is 2.89. The lowest BCUT2D eigenvalue weighted by molar-refractivity contribution is -0.115. The molecule has 35 heavy (non-hydrogen) atoms. The average molecular weight is 503 g/mol. The molecule has 0 saturated carbocycles. The molecule has 0 aliphatic carbocycles. The summed E-state index contributed by atoms with van der Waals surface area (Å²) in [6.07, 6.45) is 0. The molecular weight excluding hydrogens is 480 g/mol. The number of ether oxygens (including phenoxy) is 1. The van der Waals surface area contributed by atoms with Crippen molar-refractivity contribution in [2.24, 2.45) is 0 Å². The molecule has 4 rings (SSSR count). The lowest BCUT2D eigenvalue weighted by Crippen LogP contribution is -2.19. The third kappa shape index (κ3) is 6.44. The van der Waals surface area contributed by atoms with Gasteiger partial charge in [0.05, 0.1) is 17.8 Å². The van der Waals surface area contributed by atoms with Crippen molar-refractivity contribution in [3.63, 3.8) is 0 Å². The molecular formula is C28H23ClN2O3S. The molecule has 0 aliphatic rings. The summed E-state index contributed by atoms with van der Waals surface area (Å²) >= 11 is 7.64. The highest BCUT2D eigenvalue weighted by atomic mass is 35.5. The lowest BCUT2D eigenvalue weighted by Gasteiger charge is -2.18. The number of methoxy groups -OCH3 is 1. The fourth-order valence-corrected chi connectivity index (χ4v) is 4.66. The van der Waals surface area contributed by atoms with E-state index in [0.29, 0.717) is 27.7 Å². The van der Waals surface area contributed by atoms with Gasteiger partial charge in [0.2, 0.25) is 5.91 Å². The Morgan fingerprint density at radius 2 is 1.54 bits per heavy atom. The summed E-state index contributed by atoms with van der Waals surface area (Å²) in [6.45, 7) is 0. The van der Waals surface area contributed by atoms with Gasteiger partial charge in [-0.15, -0.1) is 11.8 Å². The maximum atomic E-state index is 13.3. The summed E-state index contributed by atoms with van der Waals surface area (Å²) in [5.74, 6) is 0.259. The molecule has 0 heterocycles. The maximum absolute atomic E-state index is 13.3. The molecule has 0 radical (unpaired) electrons. The first-order chi connectivity index (χ1) is 17.0. The SMILES string of the molecule is COc1ccc(C(=O)Nc2cccc(SC(C(=O)Nc3ccccc3Cl)c3ccccc3)c2)cc1. The van der Waals surface area contributed by atoms with Crippen molar-refractivity contribution in [3.8, 4) is 5.75 Å². The molecule has 0 saturated heterocycles. The normalized spacial score (nSPS) is 11.4. The first-order valence-electron chi connectivity index (χ1n) is 10.9. The van der Waals surface area contributed by atoms with Gasteiger partial charge in [0.15, 0.2) is 0 Å². The van der Waals surface area contributed by atoms with Gasteiger partial charge in [-0.2, -0.15) is 0 Å². The molecule has 5 nitrogen and oxygen atoms in total. The van der Waals surface area contributed by atoms with Crippen LogP contribution in [0.15, 0.2) is 108 Å². The Morgan fingerprint density at radius 1 is 0.829 bits per heavy atom. The van der Waals surface area contributed by atoms with Crippen LogP contribution < -0.4 is 15.4 Å². The zero-order valence-corrected chi connectivity index (χ0v) is 20.5. The molecule has 0 bridgehead atoms. The van der Waals surface area contributed by atoms with E-state index in [9.17, 15) is 9.59 Å². The first-order valence-corrected chi connectivity index (χ1v) is 12.1. The number of amides is 2. The zero-order valence-electron chi connectivity index (χ0n) is 18.9. The molecule has 7 heteroatoms. The van der Waals surface area contributed by atoms with E-state index in [1.54, 1.807) is 43.5 Å². The fraction of sp³-hybridized carbons (Fsp3) is 0.0714. The van der Waals surface area contributed by atoms with Crippen LogP contribution in [0.5, 0.6) is 5.75 Å². The first kappa shape index (κ1) is 24.4. The van der Waals surface area contributed by atoms with Crippen LogP contribution in [0.4, 0.5) is 11.4 Å². The van der Waals surface area contributed by atoms with Gasteiger partial charge in [-0.3, -0.25) is 9.59 Å². The number of thioether (sulfide) groups is 1. The summed E-state index contributed by atoms with van der Waals surface area (Å²) in [5.41, 5.74) is 2.57. The van der Waals surface area contributed by atoms with Gasteiger partial charge in [-0.1, -0.05) is 60.1 Å². The molecule has 0 aromatic heterocycles. The fourth-order valence-electron chi connectivity index (χ4n) is 3.39. The number of rotatable bonds is 8. The van der Waals surface area contributed by atoms with Crippen LogP contribution in [0.3, 0.4) is 0 Å². The van der Waals surface area contributed by atoms with Crippen LogP contribution in [0.1, 0.15) is 21.2 Å². The third-order valence-electron chi connectivity index (χ3n) is 5.17. The Balaban J connectivity index is 1.53. The molecule has 4 aromatic carbocycles. The van der Waals surface area contributed by atoms with E-state index in [-0.39, 0.29) is 11.8 Å². The second kappa shape index (κ2) is 11.6. The topological polar surface area (TPSA) is 67.4 Å². The van der Waals surface area contributed by atoms with E-state index >= 15 is 0 Å². The van der Waals surface area contributed by atoms with Crippen LogP contribution in [-0.2, 0) is 4.79 Å². The van der Waals surface area contributed by atoms with Gasteiger partial charge in [-0.05, 0) is 60.2 Å². The number of para-hydroxylation sites is 1. The van der Waals surface area contributed by atoms with Crippen molar-refractivity contribution in [3.05, 3.63) is 119 Å². The van der Waals surface area contributed by atoms with Crippen molar-refractivity contribution in [2.45, 2.75) is 10.1 Å². The monoisotopic (exact) mass is 502 g/mol. The molecule has 4 aromatic rings. The van der Waals surface area contributed by atoms with Gasteiger partial charge >= 0.3 is 0 Å². The Morgan fingerprint density at radius 3 is 2.26 bits per heavy atom. The van der Waals surface area contributed by atoms with Gasteiger partial charge in [0.1, 0.15) is 11.0 Å². The predicted octanol–water partition coefficient (Wildman–Crippen LogP) is 7.07. The van der Waals surface area contributed by atoms with E-state index in [1.807, 2.05) is 66.7 Å². The molecule has 1 atom stereocenters. The van der Waals surface area contributed by atoms with E-state index in [4.69, 9.17) is 16.3 Å². The number of carbonyl (C=O) groups is 2. The molecule has 0 fully saturated rings. The summed E-state index contributed by atoms with van der Waals surface area (Å²) < 4.78 is 5.15. The van der Waals surface area contributed by atoms with Gasteiger partial charge in [0.25, 0.3) is 5.91 Å². The highest BCUT2D eigenvalue weighted by Crippen LogP contribution is 2.37. The van der Waals surface area contributed by atoms with Gasteiger partial charge in [-0.25, -0.2) is 0 Å². The molecule has 0 aliphatic heterocycles. The minimum atomic E-state index is -0.528. The highest BCUT2D eigenvalue weighted by Gasteiger charge is 2.23. The maximum Gasteiger partial charge on any atom is 0.255 e. The van der Waals surface area contributed by atoms with Crippen molar-refractivity contribution < 1.29 is 14.3 Å². The summed E-state index contributed by atoms with van der Waals surface area (Å²) in [5, 5.41) is 5.79. The van der Waals surface area contributed by atoms with E-state index in [2.05, 4.69) is 10.6 Å². The minimum Gasteiger partial charge on any atom is -0.497 e. The Bertz CT molecular complexity index is 1310. The second-order valence-electron chi connectivity index (χ2n) is 7.59. The largest absolute Gasteiger partial charge is 0.497 e. The van der Waals surface area contributed by atoms with E-state index in [1.165, 1.54) is 11.8 Å². The second-order valence-corrected chi connectivity index (χ2v) is 9.17. The number of nitrogens with one attached hydrogen (secondary N) is 2. The standard InChI is InChI=1S/C28H23ClN2O3S/c1-34-22-16-14-20(15-17-22)27(32)30-21-10-7-11-23(18-21)35-26(19-8-3-2-4-9-19)28(33)31-25-13-6-5-12-24(25)29/h2-18,26H,1H3,(H,30,32)(H,31,33). The summed E-state index contributed by atoms with van der Waals surface area (Å²) in [7, 11) is 1.58. The molecule has 0 spiro atoms. The van der Waals surface area contributed by atoms with Crippen molar-refractivity contribution >= 4 is 46.6 Å². The third-order valence-corrected chi connectivity index (χ3v) is 6.75. The van der Waals surface area contributed by atoms with Crippen LogP contribution >= 0.6 is 23.4 Å².